The predicted molar refractivity (Wildman–Crippen MR) is 66.6 cm³/mol. The number of amides is 4. The lowest BCUT2D eigenvalue weighted by atomic mass is 9.89. The third kappa shape index (κ3) is 3.00. The second-order valence-electron chi connectivity index (χ2n) is 4.54. The van der Waals surface area contributed by atoms with Gasteiger partial charge < -0.3 is 0 Å². The summed E-state index contributed by atoms with van der Waals surface area (Å²) in [5, 5.41) is 2.21. The second kappa shape index (κ2) is 5.53. The summed E-state index contributed by atoms with van der Waals surface area (Å²) in [7, 11) is 0. The first kappa shape index (κ1) is 14.0. The van der Waals surface area contributed by atoms with Crippen molar-refractivity contribution in [1.82, 2.24) is 10.2 Å². The molecular weight excluding hydrogens is 240 g/mol. The molecule has 0 aromatic heterocycles. The van der Waals surface area contributed by atoms with Gasteiger partial charge in [0.15, 0.2) is 0 Å². The Hall–Kier alpha value is -1.04. The summed E-state index contributed by atoms with van der Waals surface area (Å²) in [6.07, 6.45) is 3.73. The summed E-state index contributed by atoms with van der Waals surface area (Å²) in [6.45, 7) is 3.44. The van der Waals surface area contributed by atoms with Crippen molar-refractivity contribution in [3.63, 3.8) is 0 Å². The van der Waals surface area contributed by atoms with Crippen LogP contribution < -0.4 is 5.32 Å². The SMILES string of the molecule is CSCCCCN1C(=O)NC(=O)C(C)(C)C1=O. The van der Waals surface area contributed by atoms with Crippen molar-refractivity contribution in [1.29, 1.82) is 0 Å². The van der Waals surface area contributed by atoms with E-state index >= 15 is 0 Å². The highest BCUT2D eigenvalue weighted by Gasteiger charge is 2.46. The summed E-state index contributed by atoms with van der Waals surface area (Å²) >= 11 is 1.73. The monoisotopic (exact) mass is 258 g/mol. The first-order valence-corrected chi connectivity index (χ1v) is 6.97. The Kier molecular flexibility index (Phi) is 4.56. The van der Waals surface area contributed by atoms with Crippen LogP contribution in [0.15, 0.2) is 0 Å². The van der Waals surface area contributed by atoms with E-state index in [-0.39, 0.29) is 0 Å². The number of nitrogens with one attached hydrogen (secondary N) is 1. The molecule has 17 heavy (non-hydrogen) atoms. The van der Waals surface area contributed by atoms with Crippen LogP contribution in [0, 0.1) is 5.41 Å². The molecule has 1 fully saturated rings. The van der Waals surface area contributed by atoms with Gasteiger partial charge in [-0.15, -0.1) is 0 Å². The van der Waals surface area contributed by atoms with E-state index in [0.717, 1.165) is 23.5 Å². The van der Waals surface area contributed by atoms with Gasteiger partial charge in [0.25, 0.3) is 0 Å². The molecule has 0 saturated carbocycles. The first-order chi connectivity index (χ1) is 7.91. The molecule has 96 valence electrons. The highest BCUT2D eigenvalue weighted by Crippen LogP contribution is 2.23. The quantitative estimate of drug-likeness (QED) is 0.595. The fraction of sp³-hybridized carbons (Fsp3) is 0.727. The van der Waals surface area contributed by atoms with Crippen LogP contribution in [0.2, 0.25) is 0 Å². The minimum Gasteiger partial charge on any atom is -0.277 e. The number of nitrogens with zero attached hydrogens (tertiary/aromatic N) is 1. The standard InChI is InChI=1S/C11H18N2O3S/c1-11(2)8(14)12-10(16)13(9(11)15)6-4-5-7-17-3/h4-7H2,1-3H3,(H,12,14,16). The van der Waals surface area contributed by atoms with Crippen molar-refractivity contribution >= 4 is 29.6 Å². The van der Waals surface area contributed by atoms with Gasteiger partial charge in [0, 0.05) is 6.54 Å². The van der Waals surface area contributed by atoms with Gasteiger partial charge in [-0.2, -0.15) is 11.8 Å². The van der Waals surface area contributed by atoms with Crippen LogP contribution in [-0.4, -0.2) is 41.3 Å². The summed E-state index contributed by atoms with van der Waals surface area (Å²) < 4.78 is 0. The molecule has 1 aliphatic heterocycles. The number of carbonyl (C=O) groups excluding carboxylic acids is 3. The minimum atomic E-state index is -1.15. The molecule has 1 aliphatic rings. The molecule has 1 N–H and O–H groups in total. The zero-order valence-electron chi connectivity index (χ0n) is 10.4. The summed E-state index contributed by atoms with van der Waals surface area (Å²) in [6, 6.07) is -0.594. The Morgan fingerprint density at radius 3 is 2.47 bits per heavy atom. The number of rotatable bonds is 5. The lowest BCUT2D eigenvalue weighted by Gasteiger charge is -2.34. The zero-order chi connectivity index (χ0) is 13.1. The molecule has 0 radical (unpaired) electrons. The van der Waals surface area contributed by atoms with Gasteiger partial charge in [-0.1, -0.05) is 0 Å². The normalized spacial score (nSPS) is 19.5. The average molecular weight is 258 g/mol. The van der Waals surface area contributed by atoms with Gasteiger partial charge in [0.2, 0.25) is 11.8 Å². The topological polar surface area (TPSA) is 66.5 Å². The van der Waals surface area contributed by atoms with Crippen molar-refractivity contribution in [2.24, 2.45) is 5.41 Å². The van der Waals surface area contributed by atoms with Crippen LogP contribution in [-0.2, 0) is 9.59 Å². The number of unbranched alkanes of at least 4 members (excludes halogenated alkanes) is 1. The minimum absolute atomic E-state index is 0.377. The smallest absolute Gasteiger partial charge is 0.277 e. The molecule has 1 rings (SSSR count). The maximum absolute atomic E-state index is 12.0. The Morgan fingerprint density at radius 2 is 1.88 bits per heavy atom. The van der Waals surface area contributed by atoms with Gasteiger partial charge in [0.05, 0.1) is 0 Å². The number of hydrogen-bond donors (Lipinski definition) is 1. The summed E-state index contributed by atoms with van der Waals surface area (Å²) in [5.74, 6) is 0.0784. The molecule has 0 unspecified atom stereocenters. The molecule has 1 heterocycles. The number of barbiturate groups is 1. The zero-order valence-corrected chi connectivity index (χ0v) is 11.2. The number of carbonyl (C=O) groups is 3. The largest absolute Gasteiger partial charge is 0.330 e. The van der Waals surface area contributed by atoms with E-state index in [0.29, 0.717) is 6.54 Å². The Labute approximate surface area is 105 Å². The summed E-state index contributed by atoms with van der Waals surface area (Å²) in [4.78, 5) is 36.1. The highest BCUT2D eigenvalue weighted by atomic mass is 32.2. The molecule has 4 amide bonds. The van der Waals surface area contributed by atoms with E-state index in [1.807, 2.05) is 6.26 Å². The van der Waals surface area contributed by atoms with Crippen molar-refractivity contribution in [3.05, 3.63) is 0 Å². The van der Waals surface area contributed by atoms with Crippen molar-refractivity contribution in [2.75, 3.05) is 18.6 Å². The molecule has 0 bridgehead atoms. The molecule has 0 atom stereocenters. The molecule has 0 spiro atoms. The predicted octanol–water partition coefficient (Wildman–Crippen LogP) is 1.23. The number of imide groups is 2. The van der Waals surface area contributed by atoms with E-state index in [2.05, 4.69) is 5.32 Å². The number of hydrogen-bond acceptors (Lipinski definition) is 4. The Balaban J connectivity index is 2.62. The van der Waals surface area contributed by atoms with Crippen molar-refractivity contribution in [3.8, 4) is 0 Å². The van der Waals surface area contributed by atoms with E-state index < -0.39 is 23.3 Å². The molecular formula is C11H18N2O3S. The van der Waals surface area contributed by atoms with Crippen LogP contribution in [0.25, 0.3) is 0 Å². The molecule has 6 heteroatoms. The molecule has 0 aromatic carbocycles. The average Bonchev–Trinajstić information content (AvgIpc) is 2.26. The first-order valence-electron chi connectivity index (χ1n) is 5.57. The van der Waals surface area contributed by atoms with E-state index in [4.69, 9.17) is 0 Å². The van der Waals surface area contributed by atoms with Crippen molar-refractivity contribution < 1.29 is 14.4 Å². The Morgan fingerprint density at radius 1 is 1.24 bits per heavy atom. The van der Waals surface area contributed by atoms with E-state index in [9.17, 15) is 14.4 Å². The van der Waals surface area contributed by atoms with Gasteiger partial charge in [-0.25, -0.2) is 4.79 Å². The number of urea groups is 1. The lowest BCUT2D eigenvalue weighted by molar-refractivity contribution is -0.149. The van der Waals surface area contributed by atoms with Crippen LogP contribution in [0.4, 0.5) is 4.79 Å². The third-order valence-corrected chi connectivity index (χ3v) is 3.49. The third-order valence-electron chi connectivity index (χ3n) is 2.79. The fourth-order valence-corrected chi connectivity index (χ4v) is 2.06. The lowest BCUT2D eigenvalue weighted by Crippen LogP contribution is -2.61. The molecule has 0 aromatic rings. The van der Waals surface area contributed by atoms with E-state index in [1.54, 1.807) is 11.8 Å². The highest BCUT2D eigenvalue weighted by molar-refractivity contribution is 7.98. The van der Waals surface area contributed by atoms with Crippen molar-refractivity contribution in [2.45, 2.75) is 26.7 Å². The molecule has 5 nitrogen and oxygen atoms in total. The van der Waals surface area contributed by atoms with Gasteiger partial charge in [-0.3, -0.25) is 19.8 Å². The number of thioether (sulfide) groups is 1. The van der Waals surface area contributed by atoms with Crippen LogP contribution in [0.3, 0.4) is 0 Å². The van der Waals surface area contributed by atoms with Gasteiger partial charge in [0.1, 0.15) is 5.41 Å². The molecule has 1 saturated heterocycles. The fourth-order valence-electron chi connectivity index (χ4n) is 1.57. The maximum Gasteiger partial charge on any atom is 0.330 e. The second-order valence-corrected chi connectivity index (χ2v) is 5.53. The maximum atomic E-state index is 12.0. The van der Waals surface area contributed by atoms with Gasteiger partial charge >= 0.3 is 6.03 Å². The summed E-state index contributed by atoms with van der Waals surface area (Å²) in [5.41, 5.74) is -1.15. The van der Waals surface area contributed by atoms with Gasteiger partial charge in [-0.05, 0) is 38.7 Å². The van der Waals surface area contributed by atoms with E-state index in [1.165, 1.54) is 13.8 Å². The van der Waals surface area contributed by atoms with Crippen LogP contribution >= 0.6 is 11.8 Å². The van der Waals surface area contributed by atoms with Crippen LogP contribution in [0.5, 0.6) is 0 Å². The Bertz CT molecular complexity index is 342. The molecule has 0 aliphatic carbocycles. The van der Waals surface area contributed by atoms with Crippen LogP contribution in [0.1, 0.15) is 26.7 Å².